The van der Waals surface area contributed by atoms with Crippen LogP contribution >= 0.6 is 0 Å². The van der Waals surface area contributed by atoms with E-state index in [-0.39, 0.29) is 5.56 Å². The van der Waals surface area contributed by atoms with Gasteiger partial charge in [-0.15, -0.1) is 0 Å². The van der Waals surface area contributed by atoms with Crippen LogP contribution in [0.15, 0.2) is 12.1 Å². The maximum Gasteiger partial charge on any atom is 0.337 e. The Morgan fingerprint density at radius 3 is 2.67 bits per heavy atom. The summed E-state index contributed by atoms with van der Waals surface area (Å²) in [6.45, 7) is 5.93. The van der Waals surface area contributed by atoms with Crippen molar-refractivity contribution in [2.45, 2.75) is 13.8 Å². The van der Waals surface area contributed by atoms with Crippen LogP contribution in [0.4, 0.5) is 11.4 Å². The van der Waals surface area contributed by atoms with Crippen LogP contribution in [0.5, 0.6) is 0 Å². The van der Waals surface area contributed by atoms with Gasteiger partial charge in [-0.25, -0.2) is 4.79 Å². The minimum Gasteiger partial charge on any atom is -0.478 e. The summed E-state index contributed by atoms with van der Waals surface area (Å²) in [4.78, 5) is 13.2. The summed E-state index contributed by atoms with van der Waals surface area (Å²) < 4.78 is 5.04. The molecule has 0 spiro atoms. The van der Waals surface area contributed by atoms with Crippen LogP contribution in [-0.4, -0.2) is 37.9 Å². The first-order chi connectivity index (χ1) is 8.51. The minimum atomic E-state index is -1.000. The molecule has 18 heavy (non-hydrogen) atoms. The van der Waals surface area contributed by atoms with Gasteiger partial charge >= 0.3 is 5.97 Å². The number of carboxylic acid groups (broad SMARTS) is 1. The standard InChI is InChI=1S/C13H20N2O3/c1-4-15(5-6-18-3)10-7-9(2)12(14)11(8-10)13(16)17/h7-8H,4-6,14H2,1-3H3,(H,16,17). The number of nitrogens with two attached hydrogens (primary N) is 1. The number of rotatable bonds is 6. The molecule has 3 N–H and O–H groups in total. The number of carboxylic acids is 1. The molecule has 0 saturated heterocycles. The van der Waals surface area contributed by atoms with Crippen molar-refractivity contribution in [1.82, 2.24) is 0 Å². The predicted octanol–water partition coefficient (Wildman–Crippen LogP) is 1.75. The molecule has 0 bridgehead atoms. The molecule has 0 fully saturated rings. The Morgan fingerprint density at radius 2 is 2.17 bits per heavy atom. The average molecular weight is 252 g/mol. The lowest BCUT2D eigenvalue weighted by Gasteiger charge is -2.24. The highest BCUT2D eigenvalue weighted by molar-refractivity contribution is 5.95. The smallest absolute Gasteiger partial charge is 0.337 e. The fraction of sp³-hybridized carbons (Fsp3) is 0.462. The molecule has 1 aromatic rings. The topological polar surface area (TPSA) is 75.8 Å². The van der Waals surface area contributed by atoms with Gasteiger partial charge in [0.2, 0.25) is 0 Å². The molecule has 0 radical (unpaired) electrons. The number of likely N-dealkylation sites (N-methyl/N-ethyl adjacent to an activating group) is 1. The highest BCUT2D eigenvalue weighted by Crippen LogP contribution is 2.25. The lowest BCUT2D eigenvalue weighted by Crippen LogP contribution is -2.27. The first kappa shape index (κ1) is 14.3. The van der Waals surface area contributed by atoms with Crippen LogP contribution in [0.2, 0.25) is 0 Å². The molecule has 0 atom stereocenters. The SMILES string of the molecule is CCN(CCOC)c1cc(C)c(N)c(C(=O)O)c1. The van der Waals surface area contributed by atoms with Crippen molar-refractivity contribution in [3.05, 3.63) is 23.3 Å². The van der Waals surface area contributed by atoms with E-state index in [0.717, 1.165) is 24.3 Å². The van der Waals surface area contributed by atoms with Crippen LogP contribution in [0, 0.1) is 6.92 Å². The summed E-state index contributed by atoms with van der Waals surface area (Å²) in [5.74, 6) is -1.000. The zero-order valence-corrected chi connectivity index (χ0v) is 11.1. The maximum absolute atomic E-state index is 11.1. The third-order valence-corrected chi connectivity index (χ3v) is 2.91. The molecule has 0 aliphatic heterocycles. The van der Waals surface area contributed by atoms with E-state index in [1.165, 1.54) is 0 Å². The van der Waals surface area contributed by atoms with Gasteiger partial charge in [0.25, 0.3) is 0 Å². The van der Waals surface area contributed by atoms with Crippen LogP contribution < -0.4 is 10.6 Å². The molecule has 1 rings (SSSR count). The Kier molecular flexibility index (Phi) is 4.97. The van der Waals surface area contributed by atoms with Gasteiger partial charge in [0.15, 0.2) is 0 Å². The normalized spacial score (nSPS) is 10.4. The van der Waals surface area contributed by atoms with E-state index < -0.39 is 5.97 Å². The second-order valence-corrected chi connectivity index (χ2v) is 4.10. The molecule has 5 nitrogen and oxygen atoms in total. The molecular weight excluding hydrogens is 232 g/mol. The molecule has 0 amide bonds. The van der Waals surface area contributed by atoms with Crippen molar-refractivity contribution in [2.75, 3.05) is 37.4 Å². The van der Waals surface area contributed by atoms with Gasteiger partial charge in [0.1, 0.15) is 0 Å². The molecular formula is C13H20N2O3. The summed E-state index contributed by atoms with van der Waals surface area (Å²) >= 11 is 0. The first-order valence-electron chi connectivity index (χ1n) is 5.88. The van der Waals surface area contributed by atoms with Crippen molar-refractivity contribution in [2.24, 2.45) is 0 Å². The van der Waals surface area contributed by atoms with Crippen LogP contribution in [0.25, 0.3) is 0 Å². The van der Waals surface area contributed by atoms with Crippen molar-refractivity contribution in [3.63, 3.8) is 0 Å². The van der Waals surface area contributed by atoms with E-state index in [1.807, 2.05) is 19.9 Å². The highest BCUT2D eigenvalue weighted by Gasteiger charge is 2.14. The van der Waals surface area contributed by atoms with E-state index in [0.29, 0.717) is 12.3 Å². The summed E-state index contributed by atoms with van der Waals surface area (Å²) in [5, 5.41) is 9.12. The van der Waals surface area contributed by atoms with Crippen LogP contribution in [-0.2, 0) is 4.74 Å². The van der Waals surface area contributed by atoms with Gasteiger partial charge in [0.05, 0.1) is 12.2 Å². The number of aromatic carboxylic acids is 1. The Labute approximate surface area is 107 Å². The van der Waals surface area contributed by atoms with Gasteiger partial charge < -0.3 is 20.5 Å². The molecule has 0 saturated carbocycles. The number of aryl methyl sites for hydroxylation is 1. The molecule has 0 aromatic heterocycles. The van der Waals surface area contributed by atoms with E-state index in [9.17, 15) is 4.79 Å². The predicted molar refractivity (Wildman–Crippen MR) is 72.3 cm³/mol. The van der Waals surface area contributed by atoms with Crippen molar-refractivity contribution < 1.29 is 14.6 Å². The van der Waals surface area contributed by atoms with Crippen molar-refractivity contribution in [1.29, 1.82) is 0 Å². The number of anilines is 2. The molecule has 0 heterocycles. The van der Waals surface area contributed by atoms with Gasteiger partial charge in [0, 0.05) is 31.6 Å². The lowest BCUT2D eigenvalue weighted by atomic mass is 10.1. The fourth-order valence-corrected chi connectivity index (χ4v) is 1.81. The number of hydrogen-bond donors (Lipinski definition) is 2. The quantitative estimate of drug-likeness (QED) is 0.754. The summed E-state index contributed by atoms with van der Waals surface area (Å²) in [7, 11) is 1.64. The number of ether oxygens (including phenoxy) is 1. The number of methoxy groups -OCH3 is 1. The first-order valence-corrected chi connectivity index (χ1v) is 5.88. The third-order valence-electron chi connectivity index (χ3n) is 2.91. The van der Waals surface area contributed by atoms with Gasteiger partial charge in [-0.3, -0.25) is 0 Å². The third kappa shape index (κ3) is 3.13. The Bertz CT molecular complexity index is 432. The fourth-order valence-electron chi connectivity index (χ4n) is 1.81. The highest BCUT2D eigenvalue weighted by atomic mass is 16.5. The van der Waals surface area contributed by atoms with Gasteiger partial charge in [-0.2, -0.15) is 0 Å². The number of nitrogen functional groups attached to an aromatic ring is 1. The molecule has 5 heteroatoms. The second-order valence-electron chi connectivity index (χ2n) is 4.10. The Balaban J connectivity index is 3.11. The number of hydrogen-bond acceptors (Lipinski definition) is 4. The number of nitrogens with zero attached hydrogens (tertiary/aromatic N) is 1. The van der Waals surface area contributed by atoms with E-state index in [1.54, 1.807) is 13.2 Å². The molecule has 1 aromatic carbocycles. The van der Waals surface area contributed by atoms with E-state index in [4.69, 9.17) is 15.6 Å². The number of carbonyl (C=O) groups is 1. The largest absolute Gasteiger partial charge is 0.478 e. The van der Waals surface area contributed by atoms with Crippen LogP contribution in [0.1, 0.15) is 22.8 Å². The molecule has 0 unspecified atom stereocenters. The van der Waals surface area contributed by atoms with Crippen molar-refractivity contribution in [3.8, 4) is 0 Å². The maximum atomic E-state index is 11.1. The Morgan fingerprint density at radius 1 is 1.50 bits per heavy atom. The average Bonchev–Trinajstić information content (AvgIpc) is 2.33. The zero-order chi connectivity index (χ0) is 13.7. The molecule has 0 aliphatic rings. The molecule has 0 aliphatic carbocycles. The monoisotopic (exact) mass is 252 g/mol. The lowest BCUT2D eigenvalue weighted by molar-refractivity contribution is 0.0698. The van der Waals surface area contributed by atoms with E-state index in [2.05, 4.69) is 4.90 Å². The van der Waals surface area contributed by atoms with Gasteiger partial charge in [-0.1, -0.05) is 0 Å². The zero-order valence-electron chi connectivity index (χ0n) is 11.1. The van der Waals surface area contributed by atoms with Gasteiger partial charge in [-0.05, 0) is 31.5 Å². The summed E-state index contributed by atoms with van der Waals surface area (Å²) in [6.07, 6.45) is 0. The van der Waals surface area contributed by atoms with E-state index >= 15 is 0 Å². The van der Waals surface area contributed by atoms with Crippen molar-refractivity contribution >= 4 is 17.3 Å². The number of benzene rings is 1. The second kappa shape index (κ2) is 6.26. The van der Waals surface area contributed by atoms with Crippen LogP contribution in [0.3, 0.4) is 0 Å². The Hall–Kier alpha value is -1.75. The molecule has 100 valence electrons. The summed E-state index contributed by atoms with van der Waals surface area (Å²) in [6, 6.07) is 3.52. The summed E-state index contributed by atoms with van der Waals surface area (Å²) in [5.41, 5.74) is 7.89. The minimum absolute atomic E-state index is 0.154.